The molecule has 0 fully saturated rings. The molecule has 6 heteroatoms. The average molecular weight is 355 g/mol. The van der Waals surface area contributed by atoms with E-state index in [1.807, 2.05) is 31.2 Å². The predicted molar refractivity (Wildman–Crippen MR) is 83.7 cm³/mol. The maximum absolute atomic E-state index is 12.2. The van der Waals surface area contributed by atoms with Crippen LogP contribution in [0.3, 0.4) is 0 Å². The fourth-order valence-electron chi connectivity index (χ4n) is 1.76. The number of benzene rings is 1. The van der Waals surface area contributed by atoms with E-state index in [4.69, 9.17) is 17.3 Å². The Balaban J connectivity index is 2.17. The smallest absolute Gasteiger partial charge is 0.253 e. The van der Waals surface area contributed by atoms with Gasteiger partial charge in [0, 0.05) is 10.7 Å². The number of aromatic nitrogens is 1. The molecule has 0 radical (unpaired) electrons. The molecule has 20 heavy (non-hydrogen) atoms. The van der Waals surface area contributed by atoms with E-state index < -0.39 is 0 Å². The molecule has 2 aromatic rings. The summed E-state index contributed by atoms with van der Waals surface area (Å²) in [5.41, 5.74) is 6.88. The van der Waals surface area contributed by atoms with E-state index in [1.165, 1.54) is 12.3 Å². The van der Waals surface area contributed by atoms with Gasteiger partial charge in [0.05, 0.1) is 16.6 Å². The summed E-state index contributed by atoms with van der Waals surface area (Å²) >= 11 is 9.36. The molecule has 104 valence electrons. The second-order valence-corrected chi connectivity index (χ2v) is 5.66. The summed E-state index contributed by atoms with van der Waals surface area (Å²) in [6.07, 6.45) is 1.37. The highest BCUT2D eigenvalue weighted by Crippen LogP contribution is 2.20. The SMILES string of the molecule is CC(NC(=O)c1cc(N)ncc1Cl)c1cccc(Br)c1. The van der Waals surface area contributed by atoms with E-state index in [9.17, 15) is 4.79 Å². The molecule has 0 saturated carbocycles. The molecule has 1 aromatic heterocycles. The minimum Gasteiger partial charge on any atom is -0.384 e. The summed E-state index contributed by atoms with van der Waals surface area (Å²) in [7, 11) is 0. The van der Waals surface area contributed by atoms with Crippen LogP contribution in [0, 0.1) is 0 Å². The van der Waals surface area contributed by atoms with Crippen LogP contribution >= 0.6 is 27.5 Å². The zero-order valence-corrected chi connectivity index (χ0v) is 13.1. The average Bonchev–Trinajstić information content (AvgIpc) is 2.41. The van der Waals surface area contributed by atoms with Crippen molar-refractivity contribution in [1.29, 1.82) is 0 Å². The number of hydrogen-bond donors (Lipinski definition) is 2. The third-order valence-electron chi connectivity index (χ3n) is 2.82. The first-order chi connectivity index (χ1) is 9.47. The number of amides is 1. The zero-order valence-electron chi connectivity index (χ0n) is 10.7. The third-order valence-corrected chi connectivity index (χ3v) is 3.61. The topological polar surface area (TPSA) is 68.0 Å². The Kier molecular flexibility index (Phi) is 4.62. The molecule has 0 aliphatic rings. The molecule has 1 aromatic carbocycles. The second-order valence-electron chi connectivity index (χ2n) is 4.34. The summed E-state index contributed by atoms with van der Waals surface area (Å²) in [4.78, 5) is 16.0. The molecule has 3 N–H and O–H groups in total. The Hall–Kier alpha value is -1.59. The molecule has 2 rings (SSSR count). The van der Waals surface area contributed by atoms with Crippen molar-refractivity contribution < 1.29 is 4.79 Å². The normalized spacial score (nSPS) is 11.9. The number of nitrogens with one attached hydrogen (secondary N) is 1. The van der Waals surface area contributed by atoms with Crippen molar-refractivity contribution in [1.82, 2.24) is 10.3 Å². The zero-order chi connectivity index (χ0) is 14.7. The highest BCUT2D eigenvalue weighted by Gasteiger charge is 2.15. The van der Waals surface area contributed by atoms with Gasteiger partial charge in [0.2, 0.25) is 0 Å². The van der Waals surface area contributed by atoms with Crippen LogP contribution in [-0.2, 0) is 0 Å². The summed E-state index contributed by atoms with van der Waals surface area (Å²) in [5, 5.41) is 3.16. The highest BCUT2D eigenvalue weighted by molar-refractivity contribution is 9.10. The van der Waals surface area contributed by atoms with Crippen LogP contribution in [0.25, 0.3) is 0 Å². The van der Waals surface area contributed by atoms with Crippen LogP contribution in [-0.4, -0.2) is 10.9 Å². The number of carbonyl (C=O) groups is 1. The number of carbonyl (C=O) groups excluding carboxylic acids is 1. The molecule has 1 unspecified atom stereocenters. The molecule has 0 aliphatic heterocycles. The molecule has 1 heterocycles. The second kappa shape index (κ2) is 6.24. The fraction of sp³-hybridized carbons (Fsp3) is 0.143. The molecular weight excluding hydrogens is 342 g/mol. The van der Waals surface area contributed by atoms with Crippen LogP contribution in [0.2, 0.25) is 5.02 Å². The number of nitrogens with zero attached hydrogens (tertiary/aromatic N) is 1. The van der Waals surface area contributed by atoms with E-state index in [0.29, 0.717) is 5.56 Å². The number of hydrogen-bond acceptors (Lipinski definition) is 3. The number of halogens is 2. The van der Waals surface area contributed by atoms with Gasteiger partial charge < -0.3 is 11.1 Å². The monoisotopic (exact) mass is 353 g/mol. The Labute approximate surface area is 130 Å². The molecule has 0 saturated heterocycles. The van der Waals surface area contributed by atoms with Gasteiger partial charge >= 0.3 is 0 Å². The van der Waals surface area contributed by atoms with Crippen molar-refractivity contribution in [3.8, 4) is 0 Å². The van der Waals surface area contributed by atoms with Crippen molar-refractivity contribution in [3.63, 3.8) is 0 Å². The summed E-state index contributed by atoms with van der Waals surface area (Å²) in [6, 6.07) is 9.06. The molecule has 0 aliphatic carbocycles. The maximum atomic E-state index is 12.2. The van der Waals surface area contributed by atoms with Gasteiger partial charge in [-0.2, -0.15) is 0 Å². The van der Waals surface area contributed by atoms with Gasteiger partial charge in [0.25, 0.3) is 5.91 Å². The van der Waals surface area contributed by atoms with E-state index in [-0.39, 0.29) is 22.8 Å². The Morgan fingerprint density at radius 3 is 2.90 bits per heavy atom. The lowest BCUT2D eigenvalue weighted by Crippen LogP contribution is -2.27. The lowest BCUT2D eigenvalue weighted by molar-refractivity contribution is 0.0940. The largest absolute Gasteiger partial charge is 0.384 e. The highest BCUT2D eigenvalue weighted by atomic mass is 79.9. The van der Waals surface area contributed by atoms with E-state index in [0.717, 1.165) is 10.0 Å². The van der Waals surface area contributed by atoms with Gasteiger partial charge in [-0.1, -0.05) is 39.7 Å². The van der Waals surface area contributed by atoms with E-state index >= 15 is 0 Å². The minimum absolute atomic E-state index is 0.148. The number of anilines is 1. The van der Waals surface area contributed by atoms with Gasteiger partial charge in [-0.05, 0) is 30.7 Å². The predicted octanol–water partition coefficient (Wildman–Crippen LogP) is 3.57. The first kappa shape index (κ1) is 14.8. The Morgan fingerprint density at radius 1 is 1.45 bits per heavy atom. The van der Waals surface area contributed by atoms with Crippen LogP contribution in [0.1, 0.15) is 28.9 Å². The molecule has 0 bridgehead atoms. The first-order valence-corrected chi connectivity index (χ1v) is 7.12. The van der Waals surface area contributed by atoms with Gasteiger partial charge in [0.1, 0.15) is 5.82 Å². The van der Waals surface area contributed by atoms with Gasteiger partial charge in [-0.25, -0.2) is 4.98 Å². The van der Waals surface area contributed by atoms with Gasteiger partial charge in [0.15, 0.2) is 0 Å². The van der Waals surface area contributed by atoms with E-state index in [1.54, 1.807) is 0 Å². The van der Waals surface area contributed by atoms with Crippen LogP contribution in [0.15, 0.2) is 41.0 Å². The van der Waals surface area contributed by atoms with Crippen LogP contribution in [0.5, 0.6) is 0 Å². The van der Waals surface area contributed by atoms with Gasteiger partial charge in [-0.15, -0.1) is 0 Å². The Morgan fingerprint density at radius 2 is 2.20 bits per heavy atom. The quantitative estimate of drug-likeness (QED) is 0.885. The van der Waals surface area contributed by atoms with Crippen molar-refractivity contribution in [2.45, 2.75) is 13.0 Å². The van der Waals surface area contributed by atoms with Gasteiger partial charge in [-0.3, -0.25) is 4.79 Å². The Bertz CT molecular complexity index is 648. The van der Waals surface area contributed by atoms with Crippen molar-refractivity contribution in [2.24, 2.45) is 0 Å². The maximum Gasteiger partial charge on any atom is 0.253 e. The lowest BCUT2D eigenvalue weighted by atomic mass is 10.1. The first-order valence-electron chi connectivity index (χ1n) is 5.94. The number of rotatable bonds is 3. The molecule has 1 atom stereocenters. The fourth-order valence-corrected chi connectivity index (χ4v) is 2.37. The summed E-state index contributed by atoms with van der Waals surface area (Å²) in [5.74, 6) is -0.0220. The summed E-state index contributed by atoms with van der Waals surface area (Å²) in [6.45, 7) is 1.90. The van der Waals surface area contributed by atoms with Crippen LogP contribution < -0.4 is 11.1 Å². The minimum atomic E-state index is -0.281. The molecule has 0 spiro atoms. The lowest BCUT2D eigenvalue weighted by Gasteiger charge is -2.15. The van der Waals surface area contributed by atoms with Crippen molar-refractivity contribution in [3.05, 3.63) is 57.2 Å². The molecule has 1 amide bonds. The van der Waals surface area contributed by atoms with Crippen molar-refractivity contribution >= 4 is 39.3 Å². The standard InChI is InChI=1S/C14H13BrClN3O/c1-8(9-3-2-4-10(15)5-9)19-14(20)11-6-13(17)18-7-12(11)16/h2-8H,1H3,(H2,17,18)(H,19,20). The number of nitrogen functional groups attached to an aromatic ring is 1. The third kappa shape index (κ3) is 3.49. The molecule has 4 nitrogen and oxygen atoms in total. The molecular formula is C14H13BrClN3O. The van der Waals surface area contributed by atoms with Crippen molar-refractivity contribution in [2.75, 3.05) is 5.73 Å². The summed E-state index contributed by atoms with van der Waals surface area (Å²) < 4.78 is 0.960. The van der Waals surface area contributed by atoms with E-state index in [2.05, 4.69) is 26.2 Å². The van der Waals surface area contributed by atoms with Crippen LogP contribution in [0.4, 0.5) is 5.82 Å². The number of nitrogens with two attached hydrogens (primary N) is 1. The number of pyridine rings is 1.